The smallest absolute Gasteiger partial charge is 0.0884 e. The molecule has 0 amide bonds. The highest BCUT2D eigenvalue weighted by Gasteiger charge is 2.05. The Bertz CT molecular complexity index is 355. The number of para-hydroxylation sites is 1. The van der Waals surface area contributed by atoms with Crippen LogP contribution in [0.4, 0.5) is 5.69 Å². The van der Waals surface area contributed by atoms with Crippen molar-refractivity contribution in [3.8, 4) is 0 Å². The normalized spacial score (nSPS) is 12.4. The van der Waals surface area contributed by atoms with Crippen molar-refractivity contribution in [1.29, 1.82) is 0 Å². The van der Waals surface area contributed by atoms with Crippen molar-refractivity contribution in [1.82, 2.24) is 4.72 Å². The zero-order valence-corrected chi connectivity index (χ0v) is 11.0. The standard InChI is InChI=1S/C12H20N2OS/c1-4-14(10-9-13-16(3)15)12-8-6-5-7-11(12)2/h5-8,13H,4,9-10H2,1-3H3. The molecule has 0 aliphatic heterocycles. The second-order valence-corrected chi connectivity index (χ2v) is 4.91. The predicted octanol–water partition coefficient (Wildman–Crippen LogP) is 1.70. The second-order valence-electron chi connectivity index (χ2n) is 3.71. The maximum atomic E-state index is 10.9. The van der Waals surface area contributed by atoms with Crippen LogP contribution in [0, 0.1) is 6.92 Å². The third kappa shape index (κ3) is 3.94. The van der Waals surface area contributed by atoms with Crippen molar-refractivity contribution in [2.24, 2.45) is 0 Å². The molecule has 1 aromatic rings. The first-order valence-corrected chi connectivity index (χ1v) is 7.08. The minimum atomic E-state index is -0.922. The molecule has 0 aliphatic carbocycles. The Morgan fingerprint density at radius 3 is 2.62 bits per heavy atom. The number of rotatable bonds is 6. The van der Waals surface area contributed by atoms with Gasteiger partial charge >= 0.3 is 0 Å². The van der Waals surface area contributed by atoms with Gasteiger partial charge in [0, 0.05) is 31.6 Å². The molecule has 0 aromatic heterocycles. The molecule has 0 aliphatic rings. The van der Waals surface area contributed by atoms with E-state index in [0.717, 1.165) is 19.6 Å². The molecule has 0 radical (unpaired) electrons. The fourth-order valence-electron chi connectivity index (χ4n) is 1.69. The van der Waals surface area contributed by atoms with E-state index in [2.05, 4.69) is 41.7 Å². The third-order valence-corrected chi connectivity index (χ3v) is 3.14. The van der Waals surface area contributed by atoms with Gasteiger partial charge in [-0.1, -0.05) is 18.2 Å². The van der Waals surface area contributed by atoms with E-state index in [1.807, 2.05) is 6.07 Å². The summed E-state index contributed by atoms with van der Waals surface area (Å²) in [5.74, 6) is 0. The highest BCUT2D eigenvalue weighted by atomic mass is 32.2. The molecule has 0 saturated heterocycles. The molecule has 1 N–H and O–H groups in total. The molecule has 1 rings (SSSR count). The fourth-order valence-corrected chi connectivity index (χ4v) is 2.07. The monoisotopic (exact) mass is 240 g/mol. The highest BCUT2D eigenvalue weighted by molar-refractivity contribution is 7.82. The zero-order valence-electron chi connectivity index (χ0n) is 10.2. The van der Waals surface area contributed by atoms with Crippen LogP contribution in [0.1, 0.15) is 12.5 Å². The van der Waals surface area contributed by atoms with Crippen molar-refractivity contribution in [3.63, 3.8) is 0 Å². The highest BCUT2D eigenvalue weighted by Crippen LogP contribution is 2.18. The first-order chi connectivity index (χ1) is 7.65. The third-order valence-electron chi connectivity index (χ3n) is 2.52. The topological polar surface area (TPSA) is 32.3 Å². The van der Waals surface area contributed by atoms with Crippen molar-refractivity contribution in [3.05, 3.63) is 29.8 Å². The Labute approximate surface area is 100 Å². The van der Waals surface area contributed by atoms with Gasteiger partial charge in [-0.25, -0.2) is 8.93 Å². The zero-order chi connectivity index (χ0) is 12.0. The van der Waals surface area contributed by atoms with Gasteiger partial charge in [0.25, 0.3) is 0 Å². The van der Waals surface area contributed by atoms with Crippen LogP contribution in [0.2, 0.25) is 0 Å². The summed E-state index contributed by atoms with van der Waals surface area (Å²) >= 11 is 0. The lowest BCUT2D eigenvalue weighted by Gasteiger charge is -2.24. The van der Waals surface area contributed by atoms with Gasteiger partial charge < -0.3 is 4.90 Å². The minimum Gasteiger partial charge on any atom is -0.370 e. The van der Waals surface area contributed by atoms with E-state index in [0.29, 0.717) is 0 Å². The molecule has 16 heavy (non-hydrogen) atoms. The molecule has 1 unspecified atom stereocenters. The molecular formula is C12H20N2OS. The van der Waals surface area contributed by atoms with Crippen LogP contribution < -0.4 is 9.62 Å². The first kappa shape index (κ1) is 13.2. The quantitative estimate of drug-likeness (QED) is 0.821. The molecule has 0 bridgehead atoms. The van der Waals surface area contributed by atoms with Crippen molar-refractivity contribution < 1.29 is 4.21 Å². The van der Waals surface area contributed by atoms with Gasteiger partial charge in [-0.2, -0.15) is 0 Å². The van der Waals surface area contributed by atoms with Crippen LogP contribution in [-0.2, 0) is 11.0 Å². The van der Waals surface area contributed by atoms with Crippen molar-refractivity contribution in [2.75, 3.05) is 30.8 Å². The number of nitrogens with one attached hydrogen (secondary N) is 1. The number of nitrogens with zero attached hydrogens (tertiary/aromatic N) is 1. The van der Waals surface area contributed by atoms with Crippen LogP contribution in [0.15, 0.2) is 24.3 Å². The summed E-state index contributed by atoms with van der Waals surface area (Å²) in [6, 6.07) is 8.34. The SMILES string of the molecule is CCN(CCNS(C)=O)c1ccccc1C. The van der Waals surface area contributed by atoms with E-state index >= 15 is 0 Å². The molecule has 1 aromatic carbocycles. The Morgan fingerprint density at radius 2 is 2.06 bits per heavy atom. The van der Waals surface area contributed by atoms with Crippen LogP contribution in [0.25, 0.3) is 0 Å². The van der Waals surface area contributed by atoms with E-state index in [1.54, 1.807) is 6.26 Å². The van der Waals surface area contributed by atoms with Gasteiger partial charge in [-0.3, -0.25) is 0 Å². The summed E-state index contributed by atoms with van der Waals surface area (Å²) in [4.78, 5) is 2.29. The van der Waals surface area contributed by atoms with Crippen LogP contribution >= 0.6 is 0 Å². The van der Waals surface area contributed by atoms with Gasteiger partial charge in [-0.15, -0.1) is 0 Å². The number of hydrogen-bond donors (Lipinski definition) is 1. The summed E-state index contributed by atoms with van der Waals surface area (Å²) in [5.41, 5.74) is 2.54. The largest absolute Gasteiger partial charge is 0.370 e. The summed E-state index contributed by atoms with van der Waals surface area (Å²) in [7, 11) is -0.922. The molecule has 0 heterocycles. The Hall–Kier alpha value is -0.870. The minimum absolute atomic E-state index is 0.741. The molecule has 0 fully saturated rings. The Balaban J connectivity index is 2.60. The maximum absolute atomic E-state index is 10.9. The van der Waals surface area contributed by atoms with Gasteiger partial charge in [0.15, 0.2) is 0 Å². The summed E-state index contributed by atoms with van der Waals surface area (Å²) in [6.45, 7) is 6.83. The number of likely N-dealkylation sites (N-methyl/N-ethyl adjacent to an activating group) is 1. The van der Waals surface area contributed by atoms with E-state index in [9.17, 15) is 4.21 Å². The number of anilines is 1. The second kappa shape index (κ2) is 6.66. The van der Waals surface area contributed by atoms with Crippen LogP contribution in [-0.4, -0.2) is 30.1 Å². The molecular weight excluding hydrogens is 220 g/mol. The lowest BCUT2D eigenvalue weighted by molar-refractivity contribution is 0.673. The summed E-state index contributed by atoms with van der Waals surface area (Å²) < 4.78 is 13.8. The number of benzene rings is 1. The lowest BCUT2D eigenvalue weighted by Crippen LogP contribution is -2.32. The molecule has 3 nitrogen and oxygen atoms in total. The van der Waals surface area contributed by atoms with Crippen LogP contribution in [0.5, 0.6) is 0 Å². The average Bonchev–Trinajstić information content (AvgIpc) is 2.25. The van der Waals surface area contributed by atoms with Gasteiger partial charge in [0.05, 0.1) is 11.0 Å². The maximum Gasteiger partial charge on any atom is 0.0884 e. The molecule has 4 heteroatoms. The van der Waals surface area contributed by atoms with Crippen molar-refractivity contribution in [2.45, 2.75) is 13.8 Å². The molecule has 0 spiro atoms. The van der Waals surface area contributed by atoms with Gasteiger partial charge in [0.1, 0.15) is 0 Å². The van der Waals surface area contributed by atoms with E-state index in [4.69, 9.17) is 0 Å². The van der Waals surface area contributed by atoms with Crippen LogP contribution in [0.3, 0.4) is 0 Å². The molecule has 90 valence electrons. The predicted molar refractivity (Wildman–Crippen MR) is 71.1 cm³/mol. The fraction of sp³-hybridized carbons (Fsp3) is 0.500. The average molecular weight is 240 g/mol. The lowest BCUT2D eigenvalue weighted by atomic mass is 10.2. The van der Waals surface area contributed by atoms with Gasteiger partial charge in [0.2, 0.25) is 0 Å². The van der Waals surface area contributed by atoms with E-state index in [1.165, 1.54) is 11.3 Å². The Kier molecular flexibility index (Phi) is 5.49. The number of aryl methyl sites for hydroxylation is 1. The van der Waals surface area contributed by atoms with Crippen molar-refractivity contribution >= 4 is 16.7 Å². The molecule has 0 saturated carbocycles. The number of hydrogen-bond acceptors (Lipinski definition) is 2. The summed E-state index contributed by atoms with van der Waals surface area (Å²) in [5, 5.41) is 0. The van der Waals surface area contributed by atoms with E-state index < -0.39 is 11.0 Å². The van der Waals surface area contributed by atoms with Gasteiger partial charge in [-0.05, 0) is 25.5 Å². The molecule has 1 atom stereocenters. The summed E-state index contributed by atoms with van der Waals surface area (Å²) in [6.07, 6.45) is 1.66. The van der Waals surface area contributed by atoms with E-state index in [-0.39, 0.29) is 0 Å². The first-order valence-electron chi connectivity index (χ1n) is 5.52. The Morgan fingerprint density at radius 1 is 1.38 bits per heavy atom.